The van der Waals surface area contributed by atoms with Crippen molar-refractivity contribution in [2.75, 3.05) is 11.4 Å². The van der Waals surface area contributed by atoms with Gasteiger partial charge >= 0.3 is 0 Å². The van der Waals surface area contributed by atoms with Crippen molar-refractivity contribution in [3.05, 3.63) is 45.9 Å². The summed E-state index contributed by atoms with van der Waals surface area (Å²) in [6, 6.07) is 8.45. The zero-order valence-electron chi connectivity index (χ0n) is 11.0. The lowest BCUT2D eigenvalue weighted by Crippen LogP contribution is -2.36. The maximum absolute atomic E-state index is 6.04. The van der Waals surface area contributed by atoms with E-state index in [1.807, 2.05) is 6.92 Å². The zero-order valence-corrected chi connectivity index (χ0v) is 11.8. The minimum atomic E-state index is 0.118. The van der Waals surface area contributed by atoms with Gasteiger partial charge in [-0.15, -0.1) is 11.3 Å². The maximum Gasteiger partial charge on any atom is 0.196 e. The molecule has 98 valence electrons. The molecule has 0 spiro atoms. The summed E-state index contributed by atoms with van der Waals surface area (Å²) in [5.41, 5.74) is 9.39. The van der Waals surface area contributed by atoms with Gasteiger partial charge in [0.1, 0.15) is 0 Å². The van der Waals surface area contributed by atoms with Crippen LogP contribution in [0.2, 0.25) is 0 Å². The van der Waals surface area contributed by atoms with Gasteiger partial charge in [0.15, 0.2) is 5.96 Å². The number of aryl methyl sites for hydroxylation is 2. The first-order valence-electron chi connectivity index (χ1n) is 6.23. The van der Waals surface area contributed by atoms with Gasteiger partial charge in [-0.2, -0.15) is 0 Å². The van der Waals surface area contributed by atoms with Crippen LogP contribution in [0, 0.1) is 13.8 Å². The van der Waals surface area contributed by atoms with Crippen molar-refractivity contribution in [3.63, 3.8) is 0 Å². The Morgan fingerprint density at radius 1 is 1.26 bits per heavy atom. The van der Waals surface area contributed by atoms with E-state index in [0.29, 0.717) is 12.5 Å². The highest BCUT2D eigenvalue weighted by Crippen LogP contribution is 2.31. The summed E-state index contributed by atoms with van der Waals surface area (Å²) in [5.74, 6) is 0.569. The monoisotopic (exact) mass is 272 g/mol. The molecule has 3 rings (SSSR count). The van der Waals surface area contributed by atoms with Gasteiger partial charge in [-0.3, -0.25) is 4.99 Å². The number of aliphatic imine (C=N–C) groups is 1. The lowest BCUT2D eigenvalue weighted by atomic mass is 10.1. The zero-order chi connectivity index (χ0) is 13.4. The van der Waals surface area contributed by atoms with E-state index in [2.05, 4.69) is 51.4 Å². The Morgan fingerprint density at radius 2 is 2.00 bits per heavy atom. The number of thiazole rings is 1. The second-order valence-corrected chi connectivity index (χ2v) is 5.77. The third-order valence-corrected chi connectivity index (χ3v) is 4.07. The summed E-state index contributed by atoms with van der Waals surface area (Å²) < 4.78 is 0. The Hall–Kier alpha value is -1.88. The van der Waals surface area contributed by atoms with Gasteiger partial charge in [-0.1, -0.05) is 17.7 Å². The van der Waals surface area contributed by atoms with Gasteiger partial charge in [-0.05, 0) is 26.0 Å². The molecule has 0 bridgehead atoms. The lowest BCUT2D eigenvalue weighted by molar-refractivity contribution is 0.744. The Labute approximate surface area is 116 Å². The number of nitrogens with two attached hydrogens (primary N) is 1. The fourth-order valence-electron chi connectivity index (χ4n) is 2.27. The van der Waals surface area contributed by atoms with E-state index in [1.165, 1.54) is 5.56 Å². The van der Waals surface area contributed by atoms with E-state index in [4.69, 9.17) is 5.73 Å². The first-order chi connectivity index (χ1) is 9.15. The summed E-state index contributed by atoms with van der Waals surface area (Å²) in [6.45, 7) is 4.76. The van der Waals surface area contributed by atoms with E-state index < -0.39 is 0 Å². The fraction of sp³-hybridized carbons (Fsp3) is 0.286. The van der Waals surface area contributed by atoms with Crippen LogP contribution in [0.5, 0.6) is 0 Å². The molecule has 4 nitrogen and oxygen atoms in total. The SMILES string of the molecule is Cc1ccc(N2C(N)=NCC2c2csc(C)n2)cc1. The summed E-state index contributed by atoms with van der Waals surface area (Å²) in [5, 5.41) is 3.17. The van der Waals surface area contributed by atoms with Crippen LogP contribution in [0.15, 0.2) is 34.6 Å². The average Bonchev–Trinajstić information content (AvgIpc) is 2.97. The largest absolute Gasteiger partial charge is 0.369 e. The average molecular weight is 272 g/mol. The lowest BCUT2D eigenvalue weighted by Gasteiger charge is -2.25. The quantitative estimate of drug-likeness (QED) is 0.914. The molecule has 1 aromatic carbocycles. The number of anilines is 1. The predicted molar refractivity (Wildman–Crippen MR) is 79.7 cm³/mol. The van der Waals surface area contributed by atoms with Gasteiger partial charge in [0.05, 0.1) is 23.3 Å². The highest BCUT2D eigenvalue weighted by Gasteiger charge is 2.30. The predicted octanol–water partition coefficient (Wildman–Crippen LogP) is 2.64. The number of hydrogen-bond acceptors (Lipinski definition) is 5. The van der Waals surface area contributed by atoms with Crippen molar-refractivity contribution >= 4 is 23.0 Å². The molecule has 2 heterocycles. The van der Waals surface area contributed by atoms with Crippen molar-refractivity contribution in [1.29, 1.82) is 0 Å². The number of rotatable bonds is 2. The summed E-state index contributed by atoms with van der Waals surface area (Å²) >= 11 is 1.66. The molecular formula is C14H16N4S. The molecule has 0 aliphatic carbocycles. The third-order valence-electron chi connectivity index (χ3n) is 3.28. The Balaban J connectivity index is 1.96. The number of hydrogen-bond donors (Lipinski definition) is 1. The van der Waals surface area contributed by atoms with Crippen LogP contribution in [0.25, 0.3) is 0 Å². The maximum atomic E-state index is 6.04. The van der Waals surface area contributed by atoms with Gasteiger partial charge in [0.2, 0.25) is 0 Å². The van der Waals surface area contributed by atoms with Crippen LogP contribution >= 0.6 is 11.3 Å². The van der Waals surface area contributed by atoms with Gasteiger partial charge in [0, 0.05) is 11.1 Å². The van der Waals surface area contributed by atoms with Crippen LogP contribution in [0.1, 0.15) is 22.3 Å². The molecule has 5 heteroatoms. The molecule has 2 N–H and O–H groups in total. The molecular weight excluding hydrogens is 256 g/mol. The smallest absolute Gasteiger partial charge is 0.196 e. The molecule has 0 amide bonds. The van der Waals surface area contributed by atoms with E-state index in [9.17, 15) is 0 Å². The van der Waals surface area contributed by atoms with Crippen molar-refractivity contribution < 1.29 is 0 Å². The summed E-state index contributed by atoms with van der Waals surface area (Å²) in [4.78, 5) is 11.0. The van der Waals surface area contributed by atoms with Crippen molar-refractivity contribution in [3.8, 4) is 0 Å². The minimum Gasteiger partial charge on any atom is -0.369 e. The number of nitrogens with zero attached hydrogens (tertiary/aromatic N) is 3. The van der Waals surface area contributed by atoms with E-state index >= 15 is 0 Å². The molecule has 2 aromatic rings. The molecule has 1 unspecified atom stereocenters. The van der Waals surface area contributed by atoms with Gasteiger partial charge in [-0.25, -0.2) is 4.98 Å². The van der Waals surface area contributed by atoms with Crippen LogP contribution in [-0.4, -0.2) is 17.5 Å². The van der Waals surface area contributed by atoms with Crippen molar-refractivity contribution in [2.24, 2.45) is 10.7 Å². The van der Waals surface area contributed by atoms with Gasteiger partial charge in [0.25, 0.3) is 0 Å². The molecule has 0 saturated heterocycles. The number of benzene rings is 1. The van der Waals surface area contributed by atoms with Crippen molar-refractivity contribution in [2.45, 2.75) is 19.9 Å². The van der Waals surface area contributed by atoms with Crippen LogP contribution in [0.4, 0.5) is 5.69 Å². The summed E-state index contributed by atoms with van der Waals surface area (Å²) in [6.07, 6.45) is 0. The normalized spacial score (nSPS) is 18.7. The number of aromatic nitrogens is 1. The topological polar surface area (TPSA) is 54.5 Å². The molecule has 0 fully saturated rings. The Kier molecular flexibility index (Phi) is 2.98. The van der Waals surface area contributed by atoms with Crippen LogP contribution in [0.3, 0.4) is 0 Å². The third kappa shape index (κ3) is 2.21. The molecule has 1 aliphatic rings. The van der Waals surface area contributed by atoms with E-state index in [0.717, 1.165) is 16.4 Å². The first-order valence-corrected chi connectivity index (χ1v) is 7.11. The number of guanidine groups is 1. The second kappa shape index (κ2) is 4.66. The molecule has 1 aromatic heterocycles. The van der Waals surface area contributed by atoms with E-state index in [-0.39, 0.29) is 6.04 Å². The minimum absolute atomic E-state index is 0.118. The van der Waals surface area contributed by atoms with Crippen LogP contribution in [-0.2, 0) is 0 Å². The standard InChI is InChI=1S/C14H16N4S/c1-9-3-5-11(6-4-9)18-13(7-16-14(18)15)12-8-19-10(2)17-12/h3-6,8,13H,7H2,1-2H3,(H2,15,16). The van der Waals surface area contributed by atoms with Crippen LogP contribution < -0.4 is 10.6 Å². The Morgan fingerprint density at radius 3 is 2.63 bits per heavy atom. The Bertz CT molecular complexity index is 615. The highest BCUT2D eigenvalue weighted by atomic mass is 32.1. The molecule has 19 heavy (non-hydrogen) atoms. The second-order valence-electron chi connectivity index (χ2n) is 4.71. The molecule has 1 aliphatic heterocycles. The first kappa shape index (κ1) is 12.2. The summed E-state index contributed by atoms with van der Waals surface area (Å²) in [7, 11) is 0. The molecule has 0 saturated carbocycles. The molecule has 0 radical (unpaired) electrons. The van der Waals surface area contributed by atoms with Gasteiger partial charge < -0.3 is 10.6 Å². The van der Waals surface area contributed by atoms with E-state index in [1.54, 1.807) is 11.3 Å². The fourth-order valence-corrected chi connectivity index (χ4v) is 2.93. The highest BCUT2D eigenvalue weighted by molar-refractivity contribution is 7.09. The van der Waals surface area contributed by atoms with Crippen molar-refractivity contribution in [1.82, 2.24) is 4.98 Å². The molecule has 1 atom stereocenters.